The Morgan fingerprint density at radius 3 is 2.52 bits per heavy atom. The van der Waals surface area contributed by atoms with Gasteiger partial charge in [0.15, 0.2) is 0 Å². The highest BCUT2D eigenvalue weighted by molar-refractivity contribution is 5.94. The Labute approximate surface area is 239 Å². The van der Waals surface area contributed by atoms with Crippen LogP contribution in [-0.2, 0) is 23.7 Å². The summed E-state index contributed by atoms with van der Waals surface area (Å²) in [5.41, 5.74) is 6.51. The first-order valence-electron chi connectivity index (χ1n) is 13.8. The Morgan fingerprint density at radius 2 is 1.77 bits per heavy atom. The van der Waals surface area contributed by atoms with E-state index < -0.39 is 6.23 Å². The predicted octanol–water partition coefficient (Wildman–Crippen LogP) is 1.26. The number of nitrogens with two attached hydrogens (primary N) is 1. The zero-order valence-corrected chi connectivity index (χ0v) is 24.5. The molecular weight excluding hydrogens is 516 g/mol. The van der Waals surface area contributed by atoms with E-state index in [-0.39, 0.29) is 18.4 Å². The smallest absolute Gasteiger partial charge is 0.253 e. The van der Waals surface area contributed by atoms with Gasteiger partial charge in [-0.25, -0.2) is 0 Å². The number of likely N-dealkylation sites (N-methyl/N-ethyl adjacent to an activating group) is 2. The fourth-order valence-corrected chi connectivity index (χ4v) is 3.18. The maximum Gasteiger partial charge on any atom is 0.253 e. The van der Waals surface area contributed by atoms with Crippen molar-refractivity contribution in [1.82, 2.24) is 15.5 Å². The molecule has 226 valence electrons. The summed E-state index contributed by atoms with van der Waals surface area (Å²) in [6, 6.07) is 7.00. The summed E-state index contributed by atoms with van der Waals surface area (Å²) in [4.78, 5) is 25.9. The summed E-state index contributed by atoms with van der Waals surface area (Å²) in [5, 5.41) is 5.83. The zero-order chi connectivity index (χ0) is 29.4. The average molecular weight is 565 g/mol. The lowest BCUT2D eigenvalue weighted by atomic mass is 10.2. The van der Waals surface area contributed by atoms with Crippen molar-refractivity contribution >= 4 is 11.8 Å². The van der Waals surface area contributed by atoms with Crippen molar-refractivity contribution in [3.8, 4) is 17.6 Å². The molecule has 1 aromatic carbocycles. The van der Waals surface area contributed by atoms with Gasteiger partial charge in [0, 0.05) is 51.2 Å². The fourth-order valence-electron chi connectivity index (χ4n) is 3.18. The third-order valence-corrected chi connectivity index (χ3v) is 5.30. The van der Waals surface area contributed by atoms with Crippen molar-refractivity contribution in [1.29, 1.82) is 0 Å². The van der Waals surface area contributed by atoms with Crippen molar-refractivity contribution in [3.63, 3.8) is 0 Å². The first-order chi connectivity index (χ1) is 19.3. The Morgan fingerprint density at radius 1 is 1.02 bits per heavy atom. The zero-order valence-electron chi connectivity index (χ0n) is 24.5. The number of hydrogen-bond donors (Lipinski definition) is 3. The number of rotatable bonds is 22. The van der Waals surface area contributed by atoms with Crippen LogP contribution in [0.1, 0.15) is 37.0 Å². The fraction of sp³-hybridized carbons (Fsp3) is 0.655. The van der Waals surface area contributed by atoms with Gasteiger partial charge < -0.3 is 45.0 Å². The second kappa shape index (κ2) is 23.0. The standard InChI is InChI=1S/C29H48N4O7/c1-24(2)8-6-15-36-17-13-32-28(34)11-7-16-37-18-19-38-20-21-39-27(30)23-40-26-10-5-9-25(22-26)29(35)33(4)14-12-31-3/h5,9-10,22,24,27,31H,7,11-21,23,30H2,1-4H3,(H,32,34). The molecule has 1 rings (SSSR count). The second-order valence-corrected chi connectivity index (χ2v) is 9.28. The molecule has 0 aliphatic rings. The first-order valence-corrected chi connectivity index (χ1v) is 13.8. The number of carbonyl (C=O) groups is 2. The van der Waals surface area contributed by atoms with E-state index in [0.717, 1.165) is 0 Å². The molecule has 0 saturated carbocycles. The summed E-state index contributed by atoms with van der Waals surface area (Å²) in [6.07, 6.45) is 0.402. The van der Waals surface area contributed by atoms with Crippen molar-refractivity contribution in [2.45, 2.75) is 32.9 Å². The number of nitrogens with zero attached hydrogens (tertiary/aromatic N) is 1. The van der Waals surface area contributed by atoms with E-state index >= 15 is 0 Å². The molecule has 0 heterocycles. The van der Waals surface area contributed by atoms with Gasteiger partial charge in [0.2, 0.25) is 5.91 Å². The molecule has 0 spiro atoms. The van der Waals surface area contributed by atoms with E-state index in [4.69, 9.17) is 29.4 Å². The Bertz CT molecular complexity index is 889. The highest BCUT2D eigenvalue weighted by atomic mass is 16.6. The molecule has 0 bridgehead atoms. The summed E-state index contributed by atoms with van der Waals surface area (Å²) >= 11 is 0. The lowest BCUT2D eigenvalue weighted by Gasteiger charge is -2.18. The van der Waals surface area contributed by atoms with E-state index in [1.807, 2.05) is 20.9 Å². The van der Waals surface area contributed by atoms with Crippen LogP contribution in [0.2, 0.25) is 0 Å². The van der Waals surface area contributed by atoms with E-state index in [1.165, 1.54) is 0 Å². The maximum absolute atomic E-state index is 12.5. The van der Waals surface area contributed by atoms with Crippen LogP contribution in [0.25, 0.3) is 0 Å². The minimum Gasteiger partial charge on any atom is -0.489 e. The van der Waals surface area contributed by atoms with Gasteiger partial charge in [0.05, 0.1) is 33.0 Å². The van der Waals surface area contributed by atoms with Crippen LogP contribution in [0, 0.1) is 17.8 Å². The molecule has 4 N–H and O–H groups in total. The predicted molar refractivity (Wildman–Crippen MR) is 154 cm³/mol. The van der Waals surface area contributed by atoms with Gasteiger partial charge in [-0.1, -0.05) is 31.8 Å². The molecule has 0 radical (unpaired) electrons. The van der Waals surface area contributed by atoms with Gasteiger partial charge >= 0.3 is 0 Å². The monoisotopic (exact) mass is 564 g/mol. The van der Waals surface area contributed by atoms with Gasteiger partial charge in [-0.05, 0) is 31.7 Å². The third kappa shape index (κ3) is 18.5. The molecular formula is C29H48N4O7. The lowest BCUT2D eigenvalue weighted by molar-refractivity contribution is -0.121. The molecule has 1 atom stereocenters. The lowest BCUT2D eigenvalue weighted by Crippen LogP contribution is -2.33. The summed E-state index contributed by atoms with van der Waals surface area (Å²) in [6.45, 7) is 8.83. The Hall–Kier alpha value is -2.72. The third-order valence-electron chi connectivity index (χ3n) is 5.30. The van der Waals surface area contributed by atoms with Crippen LogP contribution >= 0.6 is 0 Å². The quantitative estimate of drug-likeness (QED) is 0.108. The van der Waals surface area contributed by atoms with Gasteiger partial charge in [-0.15, -0.1) is 0 Å². The highest BCUT2D eigenvalue weighted by Crippen LogP contribution is 2.15. The molecule has 11 nitrogen and oxygen atoms in total. The molecule has 1 unspecified atom stereocenters. The topological polar surface area (TPSA) is 134 Å². The highest BCUT2D eigenvalue weighted by Gasteiger charge is 2.12. The Kier molecular flexibility index (Phi) is 20.3. The number of nitrogens with one attached hydrogen (secondary N) is 2. The van der Waals surface area contributed by atoms with Crippen LogP contribution in [0.3, 0.4) is 0 Å². The number of benzene rings is 1. The number of amides is 2. The first kappa shape index (κ1) is 35.3. The van der Waals surface area contributed by atoms with Crippen LogP contribution in [0.5, 0.6) is 5.75 Å². The molecule has 0 aromatic heterocycles. The number of ether oxygens (including phenoxy) is 5. The van der Waals surface area contributed by atoms with E-state index in [0.29, 0.717) is 96.0 Å². The molecule has 0 aliphatic carbocycles. The molecule has 0 fully saturated rings. The van der Waals surface area contributed by atoms with Gasteiger partial charge in [-0.2, -0.15) is 0 Å². The largest absolute Gasteiger partial charge is 0.489 e. The number of hydrogen-bond acceptors (Lipinski definition) is 9. The molecule has 11 heteroatoms. The van der Waals surface area contributed by atoms with Crippen molar-refractivity contribution in [3.05, 3.63) is 29.8 Å². The summed E-state index contributed by atoms with van der Waals surface area (Å²) < 4.78 is 27.5. The normalized spacial score (nSPS) is 11.6. The van der Waals surface area contributed by atoms with Crippen LogP contribution in [0.15, 0.2) is 24.3 Å². The minimum absolute atomic E-state index is 0.0249. The number of carbonyl (C=O) groups excluding carboxylic acids is 2. The van der Waals surface area contributed by atoms with E-state index in [9.17, 15) is 9.59 Å². The average Bonchev–Trinajstić information content (AvgIpc) is 2.94. The van der Waals surface area contributed by atoms with Crippen molar-refractivity contribution in [2.24, 2.45) is 11.7 Å². The van der Waals surface area contributed by atoms with E-state index in [1.54, 1.807) is 36.2 Å². The van der Waals surface area contributed by atoms with Crippen molar-refractivity contribution < 1.29 is 33.3 Å². The summed E-state index contributed by atoms with van der Waals surface area (Å²) in [7, 11) is 3.61. The molecule has 40 heavy (non-hydrogen) atoms. The minimum atomic E-state index is -0.631. The second-order valence-electron chi connectivity index (χ2n) is 9.28. The van der Waals surface area contributed by atoms with Gasteiger partial charge in [0.25, 0.3) is 5.91 Å². The van der Waals surface area contributed by atoms with Gasteiger partial charge in [0.1, 0.15) is 25.2 Å². The summed E-state index contributed by atoms with van der Waals surface area (Å²) in [5.74, 6) is 6.73. The van der Waals surface area contributed by atoms with Crippen LogP contribution in [-0.4, -0.2) is 110 Å². The molecule has 0 aliphatic heterocycles. The molecule has 2 amide bonds. The van der Waals surface area contributed by atoms with E-state index in [2.05, 4.69) is 22.5 Å². The Balaban J connectivity index is 2.00. The molecule has 1 aromatic rings. The van der Waals surface area contributed by atoms with Crippen LogP contribution < -0.4 is 21.1 Å². The van der Waals surface area contributed by atoms with Crippen molar-refractivity contribution in [2.75, 3.05) is 86.6 Å². The molecule has 0 saturated heterocycles. The maximum atomic E-state index is 12.5. The SMILES string of the molecule is CNCCN(C)C(=O)c1cccc(OCC(N)OCCOCCOCCCC(=O)NCCOCC#CC(C)C)c1. The van der Waals surface area contributed by atoms with Crippen LogP contribution in [0.4, 0.5) is 0 Å². The van der Waals surface area contributed by atoms with Gasteiger partial charge in [-0.3, -0.25) is 9.59 Å².